The zero-order valence-electron chi connectivity index (χ0n) is 11.8. The summed E-state index contributed by atoms with van der Waals surface area (Å²) in [6.45, 7) is 2.88. The minimum absolute atomic E-state index is 0.562. The zero-order valence-corrected chi connectivity index (χ0v) is 11.8. The van der Waals surface area contributed by atoms with E-state index in [1.54, 1.807) is 13.2 Å². The van der Waals surface area contributed by atoms with Crippen LogP contribution in [0.3, 0.4) is 0 Å². The molecule has 0 spiro atoms. The van der Waals surface area contributed by atoms with Crippen LogP contribution in [-0.2, 0) is 4.79 Å². The Kier molecular flexibility index (Phi) is 4.23. The number of nitrogens with zero attached hydrogens (tertiary/aromatic N) is 1. The Hall–Kier alpha value is -2.82. The summed E-state index contributed by atoms with van der Waals surface area (Å²) in [4.78, 5) is 9.00. The first-order valence-corrected chi connectivity index (χ1v) is 6.39. The second-order valence-corrected chi connectivity index (χ2v) is 4.53. The van der Waals surface area contributed by atoms with Gasteiger partial charge in [-0.3, -0.25) is 9.36 Å². The molecule has 3 rings (SSSR count). The Labute approximate surface area is 121 Å². The van der Waals surface area contributed by atoms with E-state index in [0.29, 0.717) is 5.71 Å². The summed E-state index contributed by atoms with van der Waals surface area (Å²) in [6, 6.07) is 11.8. The molecule has 0 saturated carbocycles. The van der Waals surface area contributed by atoms with Gasteiger partial charge in [-0.25, -0.2) is 0 Å². The van der Waals surface area contributed by atoms with Gasteiger partial charge in [0.25, 0.3) is 5.97 Å². The van der Waals surface area contributed by atoms with Crippen LogP contribution in [0, 0.1) is 5.41 Å². The quantitative estimate of drug-likeness (QED) is 0.704. The van der Waals surface area contributed by atoms with Gasteiger partial charge in [-0.1, -0.05) is 18.2 Å². The number of furan rings is 1. The lowest BCUT2D eigenvalue weighted by molar-refractivity contribution is -0.134. The summed E-state index contributed by atoms with van der Waals surface area (Å²) in [5.74, 6) is -0.0614. The maximum atomic E-state index is 9.00. The third kappa shape index (κ3) is 3.20. The van der Waals surface area contributed by atoms with Crippen molar-refractivity contribution in [3.8, 4) is 5.88 Å². The molecule has 0 unspecified atom stereocenters. The van der Waals surface area contributed by atoms with Crippen LogP contribution in [-0.4, -0.2) is 21.4 Å². The first-order valence-electron chi connectivity index (χ1n) is 6.39. The highest BCUT2D eigenvalue weighted by Crippen LogP contribution is 2.25. The van der Waals surface area contributed by atoms with Gasteiger partial charge in [0.05, 0.1) is 11.8 Å². The molecule has 0 radical (unpaired) electrons. The fraction of sp³-hybridized carbons (Fsp3) is 0.125. The Morgan fingerprint density at radius 1 is 1.19 bits per heavy atom. The molecule has 108 valence electrons. The summed E-state index contributed by atoms with van der Waals surface area (Å²) in [5, 5.41) is 16.3. The lowest BCUT2D eigenvalue weighted by Crippen LogP contribution is -1.90. The van der Waals surface area contributed by atoms with Gasteiger partial charge in [-0.15, -0.1) is 0 Å². The zero-order chi connectivity index (χ0) is 15.4. The SMILES string of the molecule is CC(=N)c1cn(-c2ccco2)c2ccccc12.CC(=O)O. The maximum absolute atomic E-state index is 9.00. The molecule has 2 aromatic heterocycles. The normalized spacial score (nSPS) is 10.0. The maximum Gasteiger partial charge on any atom is 0.300 e. The third-order valence-electron chi connectivity index (χ3n) is 2.86. The number of aromatic nitrogens is 1. The van der Waals surface area contributed by atoms with Crippen molar-refractivity contribution in [3.05, 3.63) is 54.4 Å². The Morgan fingerprint density at radius 2 is 1.86 bits per heavy atom. The monoisotopic (exact) mass is 284 g/mol. The first-order chi connectivity index (χ1) is 10.0. The standard InChI is InChI=1S/C14H12N2O.C2H4O2/c1-10(15)12-9-16(14-7-4-8-17-14)13-6-3-2-5-11(12)13;1-2(3)4/h2-9,15H,1H3;1H3,(H,3,4). The van der Waals surface area contributed by atoms with Crippen LogP contribution in [0.4, 0.5) is 0 Å². The minimum atomic E-state index is -0.833. The van der Waals surface area contributed by atoms with Crippen LogP contribution in [0.2, 0.25) is 0 Å². The topological polar surface area (TPSA) is 79.2 Å². The first kappa shape index (κ1) is 14.6. The number of hydrogen-bond donors (Lipinski definition) is 2. The number of para-hydroxylation sites is 1. The van der Waals surface area contributed by atoms with Crippen molar-refractivity contribution < 1.29 is 14.3 Å². The van der Waals surface area contributed by atoms with Gasteiger partial charge in [0.1, 0.15) is 0 Å². The lowest BCUT2D eigenvalue weighted by Gasteiger charge is -1.99. The van der Waals surface area contributed by atoms with E-state index >= 15 is 0 Å². The van der Waals surface area contributed by atoms with Crippen molar-refractivity contribution in [1.82, 2.24) is 4.57 Å². The number of rotatable bonds is 2. The van der Waals surface area contributed by atoms with Crippen molar-refractivity contribution in [2.45, 2.75) is 13.8 Å². The van der Waals surface area contributed by atoms with E-state index in [9.17, 15) is 0 Å². The number of carboxylic acids is 1. The predicted molar refractivity (Wildman–Crippen MR) is 81.4 cm³/mol. The average Bonchev–Trinajstić information content (AvgIpc) is 3.04. The fourth-order valence-corrected chi connectivity index (χ4v) is 2.07. The molecule has 5 nitrogen and oxygen atoms in total. The van der Waals surface area contributed by atoms with E-state index < -0.39 is 5.97 Å². The molecule has 0 amide bonds. The van der Waals surface area contributed by atoms with E-state index in [2.05, 4.69) is 0 Å². The summed E-state index contributed by atoms with van der Waals surface area (Å²) >= 11 is 0. The van der Waals surface area contributed by atoms with Crippen LogP contribution in [0.1, 0.15) is 19.4 Å². The van der Waals surface area contributed by atoms with E-state index in [-0.39, 0.29) is 0 Å². The fourth-order valence-electron chi connectivity index (χ4n) is 2.07. The summed E-state index contributed by atoms with van der Waals surface area (Å²) in [5.41, 5.74) is 2.56. The highest BCUT2D eigenvalue weighted by Gasteiger charge is 2.11. The second kappa shape index (κ2) is 6.09. The molecule has 0 bridgehead atoms. The minimum Gasteiger partial charge on any atom is -0.481 e. The van der Waals surface area contributed by atoms with Gasteiger partial charge in [0.15, 0.2) is 0 Å². The smallest absolute Gasteiger partial charge is 0.300 e. The van der Waals surface area contributed by atoms with Crippen LogP contribution >= 0.6 is 0 Å². The van der Waals surface area contributed by atoms with Crippen molar-refractivity contribution in [2.24, 2.45) is 0 Å². The van der Waals surface area contributed by atoms with Crippen molar-refractivity contribution in [1.29, 1.82) is 5.41 Å². The highest BCUT2D eigenvalue weighted by atomic mass is 16.4. The molecule has 1 aromatic carbocycles. The molecular formula is C16H16N2O3. The average molecular weight is 284 g/mol. The molecule has 0 aliphatic heterocycles. The van der Waals surface area contributed by atoms with Gasteiger partial charge >= 0.3 is 0 Å². The Balaban J connectivity index is 0.000000361. The highest BCUT2D eigenvalue weighted by molar-refractivity contribution is 6.08. The van der Waals surface area contributed by atoms with Crippen molar-refractivity contribution in [3.63, 3.8) is 0 Å². The van der Waals surface area contributed by atoms with Crippen molar-refractivity contribution >= 4 is 22.6 Å². The van der Waals surface area contributed by atoms with Gasteiger partial charge < -0.3 is 14.9 Å². The number of aliphatic carboxylic acids is 1. The van der Waals surface area contributed by atoms with E-state index in [1.165, 1.54) is 0 Å². The molecule has 21 heavy (non-hydrogen) atoms. The van der Waals surface area contributed by atoms with E-state index in [4.69, 9.17) is 19.7 Å². The van der Waals surface area contributed by atoms with Gasteiger partial charge in [-0.2, -0.15) is 0 Å². The Bertz CT molecular complexity index is 766. The number of hydrogen-bond acceptors (Lipinski definition) is 3. The number of nitrogens with one attached hydrogen (secondary N) is 1. The third-order valence-corrected chi connectivity index (χ3v) is 2.86. The van der Waals surface area contributed by atoms with Crippen LogP contribution < -0.4 is 0 Å². The number of benzene rings is 1. The molecule has 0 fully saturated rings. The largest absolute Gasteiger partial charge is 0.481 e. The summed E-state index contributed by atoms with van der Waals surface area (Å²) in [7, 11) is 0. The van der Waals surface area contributed by atoms with Gasteiger partial charge in [0, 0.05) is 35.8 Å². The molecule has 3 aromatic rings. The molecule has 2 heterocycles. The summed E-state index contributed by atoms with van der Waals surface area (Å²) < 4.78 is 7.39. The molecule has 0 aliphatic carbocycles. The molecule has 0 saturated heterocycles. The van der Waals surface area contributed by atoms with Gasteiger partial charge in [-0.05, 0) is 19.1 Å². The van der Waals surface area contributed by atoms with E-state index in [0.717, 1.165) is 29.3 Å². The number of fused-ring (bicyclic) bond motifs is 1. The predicted octanol–water partition coefficient (Wildman–Crippen LogP) is 3.70. The van der Waals surface area contributed by atoms with Gasteiger partial charge in [0.2, 0.25) is 5.88 Å². The van der Waals surface area contributed by atoms with Crippen LogP contribution in [0.15, 0.2) is 53.3 Å². The van der Waals surface area contributed by atoms with E-state index in [1.807, 2.05) is 47.2 Å². The lowest BCUT2D eigenvalue weighted by atomic mass is 10.1. The second-order valence-electron chi connectivity index (χ2n) is 4.53. The number of carboxylic acid groups (broad SMARTS) is 1. The molecule has 5 heteroatoms. The van der Waals surface area contributed by atoms with Crippen molar-refractivity contribution in [2.75, 3.05) is 0 Å². The molecule has 0 aliphatic rings. The van der Waals surface area contributed by atoms with Crippen LogP contribution in [0.5, 0.6) is 0 Å². The summed E-state index contributed by atoms with van der Waals surface area (Å²) in [6.07, 6.45) is 3.60. The number of carbonyl (C=O) groups is 1. The molecular weight excluding hydrogens is 268 g/mol. The Morgan fingerprint density at radius 3 is 2.43 bits per heavy atom. The molecule has 0 atom stereocenters. The molecule has 2 N–H and O–H groups in total. The van der Waals surface area contributed by atoms with Crippen LogP contribution in [0.25, 0.3) is 16.8 Å².